The van der Waals surface area contributed by atoms with Crippen LogP contribution >= 0.6 is 11.8 Å². The molecule has 0 bridgehead atoms. The lowest BCUT2D eigenvalue weighted by Crippen LogP contribution is -2.14. The predicted octanol–water partition coefficient (Wildman–Crippen LogP) is 5.24. The number of hydrogen-bond acceptors (Lipinski definition) is 6. The zero-order valence-corrected chi connectivity index (χ0v) is 18.8. The lowest BCUT2D eigenvalue weighted by Gasteiger charge is -2.10. The quantitative estimate of drug-likeness (QED) is 0.280. The van der Waals surface area contributed by atoms with Crippen LogP contribution in [-0.2, 0) is 9.53 Å². The van der Waals surface area contributed by atoms with E-state index in [2.05, 4.69) is 10.3 Å². The van der Waals surface area contributed by atoms with E-state index in [1.54, 1.807) is 31.4 Å². The number of esters is 1. The van der Waals surface area contributed by atoms with E-state index in [9.17, 15) is 9.59 Å². The minimum absolute atomic E-state index is 0.150. The number of para-hydroxylation sites is 1. The van der Waals surface area contributed by atoms with Gasteiger partial charge >= 0.3 is 5.97 Å². The molecule has 0 fully saturated rings. The Morgan fingerprint density at radius 3 is 2.61 bits per heavy atom. The highest BCUT2D eigenvalue weighted by molar-refractivity contribution is 7.99. The lowest BCUT2D eigenvalue weighted by atomic mass is 10.1. The Morgan fingerprint density at radius 2 is 1.90 bits per heavy atom. The fraction of sp³-hybridized carbons (Fsp3) is 0.292. The number of aromatic nitrogens is 1. The number of pyridine rings is 1. The van der Waals surface area contributed by atoms with Crippen molar-refractivity contribution in [3.63, 3.8) is 0 Å². The number of hydrogen-bond donors (Lipinski definition) is 1. The highest BCUT2D eigenvalue weighted by Crippen LogP contribution is 2.29. The molecule has 6 nitrogen and oxygen atoms in total. The Bertz CT molecular complexity index is 1070. The van der Waals surface area contributed by atoms with Gasteiger partial charge in [-0.3, -0.25) is 4.79 Å². The maximum atomic E-state index is 12.4. The summed E-state index contributed by atoms with van der Waals surface area (Å²) in [6.07, 6.45) is 1.81. The highest BCUT2D eigenvalue weighted by atomic mass is 32.2. The van der Waals surface area contributed by atoms with Gasteiger partial charge in [0, 0.05) is 11.1 Å². The summed E-state index contributed by atoms with van der Waals surface area (Å²) in [5.41, 5.74) is 2.95. The number of aryl methyl sites for hydroxylation is 1. The van der Waals surface area contributed by atoms with Crippen LogP contribution in [0.15, 0.2) is 53.6 Å². The monoisotopic (exact) mass is 438 g/mol. The molecule has 3 rings (SSSR count). The zero-order valence-electron chi connectivity index (χ0n) is 17.9. The molecule has 0 saturated heterocycles. The van der Waals surface area contributed by atoms with Gasteiger partial charge in [0.2, 0.25) is 5.91 Å². The minimum atomic E-state index is -0.352. The number of carbonyl (C=O) groups excluding carboxylic acids is 2. The Labute approximate surface area is 186 Å². The summed E-state index contributed by atoms with van der Waals surface area (Å²) < 4.78 is 10.6. The molecule has 7 heteroatoms. The van der Waals surface area contributed by atoms with Gasteiger partial charge in [0.1, 0.15) is 11.3 Å². The zero-order chi connectivity index (χ0) is 22.2. The number of benzene rings is 2. The molecule has 3 aromatic rings. The van der Waals surface area contributed by atoms with Crippen LogP contribution in [-0.4, -0.2) is 36.3 Å². The number of amides is 1. The molecule has 1 N–H and O–H groups in total. The van der Waals surface area contributed by atoms with Crippen LogP contribution < -0.4 is 10.1 Å². The van der Waals surface area contributed by atoms with E-state index in [1.807, 2.05) is 38.1 Å². The number of fused-ring (bicyclic) bond motifs is 1. The van der Waals surface area contributed by atoms with Gasteiger partial charge in [-0.1, -0.05) is 37.2 Å². The number of nitrogens with one attached hydrogen (secondary N) is 1. The van der Waals surface area contributed by atoms with Crippen LogP contribution in [0.2, 0.25) is 0 Å². The minimum Gasteiger partial charge on any atom is -0.494 e. The van der Waals surface area contributed by atoms with Crippen molar-refractivity contribution in [1.29, 1.82) is 0 Å². The third kappa shape index (κ3) is 5.98. The van der Waals surface area contributed by atoms with E-state index in [0.717, 1.165) is 34.3 Å². The van der Waals surface area contributed by atoms with E-state index in [4.69, 9.17) is 9.47 Å². The van der Waals surface area contributed by atoms with Crippen molar-refractivity contribution in [1.82, 2.24) is 4.98 Å². The molecule has 0 spiro atoms. The molecule has 2 aromatic carbocycles. The van der Waals surface area contributed by atoms with E-state index < -0.39 is 0 Å². The first kappa shape index (κ1) is 22.6. The average Bonchev–Trinajstić information content (AvgIpc) is 2.78. The largest absolute Gasteiger partial charge is 0.494 e. The van der Waals surface area contributed by atoms with Crippen molar-refractivity contribution < 1.29 is 19.1 Å². The van der Waals surface area contributed by atoms with E-state index in [0.29, 0.717) is 23.6 Å². The number of ether oxygens (including phenoxy) is 2. The molecular weight excluding hydrogens is 412 g/mol. The van der Waals surface area contributed by atoms with Crippen LogP contribution in [0.1, 0.15) is 35.7 Å². The van der Waals surface area contributed by atoms with Crippen LogP contribution in [0.3, 0.4) is 0 Å². The molecule has 0 radical (unpaired) electrons. The second-order valence-electron chi connectivity index (χ2n) is 7.04. The predicted molar refractivity (Wildman–Crippen MR) is 124 cm³/mol. The molecular formula is C24H26N2O4S. The van der Waals surface area contributed by atoms with Crippen molar-refractivity contribution in [2.75, 3.05) is 24.8 Å². The fourth-order valence-electron chi connectivity index (χ4n) is 3.02. The third-order valence-corrected chi connectivity index (χ3v) is 5.60. The first-order valence-corrected chi connectivity index (χ1v) is 11.1. The number of rotatable bonds is 9. The van der Waals surface area contributed by atoms with Gasteiger partial charge in [0.05, 0.1) is 30.1 Å². The summed E-state index contributed by atoms with van der Waals surface area (Å²) in [5.74, 6) is 0.423. The van der Waals surface area contributed by atoms with E-state index in [1.165, 1.54) is 11.8 Å². The molecule has 0 saturated carbocycles. The Hall–Kier alpha value is -3.06. The van der Waals surface area contributed by atoms with E-state index >= 15 is 0 Å². The lowest BCUT2D eigenvalue weighted by molar-refractivity contribution is -0.113. The van der Waals surface area contributed by atoms with Crippen LogP contribution in [0.25, 0.3) is 10.9 Å². The maximum absolute atomic E-state index is 12.4. The number of carbonyl (C=O) groups is 2. The van der Waals surface area contributed by atoms with Crippen molar-refractivity contribution >= 4 is 40.2 Å². The first-order chi connectivity index (χ1) is 15.0. The fourth-order valence-corrected chi connectivity index (χ4v) is 3.79. The van der Waals surface area contributed by atoms with Crippen molar-refractivity contribution in [2.45, 2.75) is 31.7 Å². The van der Waals surface area contributed by atoms with Crippen LogP contribution in [0.4, 0.5) is 5.69 Å². The summed E-state index contributed by atoms with van der Waals surface area (Å²) in [7, 11) is 1.62. The number of thioether (sulfide) groups is 1. The van der Waals surface area contributed by atoms with E-state index in [-0.39, 0.29) is 17.6 Å². The Balaban J connectivity index is 1.58. The molecule has 0 unspecified atom stereocenters. The van der Waals surface area contributed by atoms with Gasteiger partial charge in [-0.25, -0.2) is 9.78 Å². The molecule has 0 atom stereocenters. The molecule has 162 valence electrons. The molecule has 1 aromatic heterocycles. The molecule has 0 aliphatic rings. The second kappa shape index (κ2) is 10.8. The average molecular weight is 439 g/mol. The third-order valence-electron chi connectivity index (χ3n) is 4.69. The molecule has 1 amide bonds. The highest BCUT2D eigenvalue weighted by Gasteiger charge is 2.11. The molecule has 0 aliphatic heterocycles. The van der Waals surface area contributed by atoms with Gasteiger partial charge < -0.3 is 14.8 Å². The van der Waals surface area contributed by atoms with Gasteiger partial charge in [-0.15, -0.1) is 0 Å². The number of methoxy groups -OCH3 is 1. The molecule has 0 aliphatic carbocycles. The van der Waals surface area contributed by atoms with Gasteiger partial charge in [-0.2, -0.15) is 0 Å². The van der Waals surface area contributed by atoms with Gasteiger partial charge in [0.25, 0.3) is 0 Å². The van der Waals surface area contributed by atoms with Crippen molar-refractivity contribution in [3.8, 4) is 5.75 Å². The van der Waals surface area contributed by atoms with Crippen molar-refractivity contribution in [3.05, 3.63) is 59.7 Å². The summed E-state index contributed by atoms with van der Waals surface area (Å²) in [5, 5.41) is 4.63. The van der Waals surface area contributed by atoms with Gasteiger partial charge in [0.15, 0.2) is 0 Å². The second-order valence-corrected chi connectivity index (χ2v) is 8.03. The first-order valence-electron chi connectivity index (χ1n) is 10.2. The Morgan fingerprint density at radius 1 is 1.13 bits per heavy atom. The maximum Gasteiger partial charge on any atom is 0.338 e. The Kier molecular flexibility index (Phi) is 7.89. The smallest absolute Gasteiger partial charge is 0.338 e. The van der Waals surface area contributed by atoms with Crippen molar-refractivity contribution in [2.24, 2.45) is 0 Å². The summed E-state index contributed by atoms with van der Waals surface area (Å²) in [6, 6.07) is 14.5. The molecule has 1 heterocycles. The van der Waals surface area contributed by atoms with Crippen LogP contribution in [0, 0.1) is 6.92 Å². The summed E-state index contributed by atoms with van der Waals surface area (Å²) >= 11 is 1.36. The standard InChI is InChI=1S/C24H26N2O4S/c1-4-5-13-30-24(28)17-9-11-18(12-10-17)25-21(27)15-31-22-14-16(2)19-7-6-8-20(29-3)23(19)26-22/h6-12,14H,4-5,13,15H2,1-3H3,(H,25,27). The van der Waals surface area contributed by atoms with Gasteiger partial charge in [-0.05, 0) is 55.3 Å². The number of nitrogens with zero attached hydrogens (tertiary/aromatic N) is 1. The summed E-state index contributed by atoms with van der Waals surface area (Å²) in [6.45, 7) is 4.47. The normalized spacial score (nSPS) is 10.7. The number of unbranched alkanes of at least 4 members (excludes halogenated alkanes) is 1. The molecule has 31 heavy (non-hydrogen) atoms. The number of anilines is 1. The SMILES string of the molecule is CCCCOC(=O)c1ccc(NC(=O)CSc2cc(C)c3cccc(OC)c3n2)cc1. The van der Waals surface area contributed by atoms with Crippen LogP contribution in [0.5, 0.6) is 5.75 Å². The summed E-state index contributed by atoms with van der Waals surface area (Å²) in [4.78, 5) is 29.0. The topological polar surface area (TPSA) is 77.5 Å².